The van der Waals surface area contributed by atoms with Crippen molar-refractivity contribution in [3.8, 4) is 0 Å². The summed E-state index contributed by atoms with van der Waals surface area (Å²) in [6.45, 7) is 6.28. The van der Waals surface area contributed by atoms with E-state index in [2.05, 4.69) is 53.9 Å². The van der Waals surface area contributed by atoms with Gasteiger partial charge in [-0.25, -0.2) is 0 Å². The molecule has 2 atom stereocenters. The van der Waals surface area contributed by atoms with Gasteiger partial charge in [0.1, 0.15) is 0 Å². The molecular formula is C21H29N3O. The quantitative estimate of drug-likeness (QED) is 0.911. The molecule has 1 aromatic heterocycles. The van der Waals surface area contributed by atoms with Gasteiger partial charge in [0.25, 0.3) is 0 Å². The lowest BCUT2D eigenvalue weighted by Gasteiger charge is -2.30. The summed E-state index contributed by atoms with van der Waals surface area (Å²) in [6.07, 6.45) is 5.29. The minimum Gasteiger partial charge on any atom is -0.358 e. The van der Waals surface area contributed by atoms with Gasteiger partial charge >= 0.3 is 0 Å². The molecule has 134 valence electrons. The molecule has 4 nitrogen and oxygen atoms in total. The monoisotopic (exact) mass is 339 g/mol. The van der Waals surface area contributed by atoms with E-state index in [0.717, 1.165) is 30.6 Å². The Morgan fingerprint density at radius 1 is 1.16 bits per heavy atom. The van der Waals surface area contributed by atoms with Crippen LogP contribution in [0, 0.1) is 13.8 Å². The number of likely N-dealkylation sites (N-methyl/N-ethyl adjacent to an activating group) is 1. The Labute approximate surface area is 150 Å². The number of nitrogens with one attached hydrogen (secondary N) is 1. The first-order chi connectivity index (χ1) is 12.0. The number of aryl methyl sites for hydroxylation is 2. The van der Waals surface area contributed by atoms with Crippen LogP contribution in [-0.4, -0.2) is 52.9 Å². The Morgan fingerprint density at radius 3 is 2.84 bits per heavy atom. The maximum Gasteiger partial charge on any atom is 0.227 e. The summed E-state index contributed by atoms with van der Waals surface area (Å²) in [5.74, 6) is 0.299. The summed E-state index contributed by atoms with van der Waals surface area (Å²) in [4.78, 5) is 21.3. The summed E-state index contributed by atoms with van der Waals surface area (Å²) in [5.41, 5.74) is 4.68. The molecule has 0 aliphatic carbocycles. The zero-order valence-electron chi connectivity index (χ0n) is 15.6. The molecule has 2 saturated heterocycles. The topological polar surface area (TPSA) is 39.3 Å². The average Bonchev–Trinajstić information content (AvgIpc) is 3.08. The minimum absolute atomic E-state index is 0.299. The molecule has 0 spiro atoms. The molecule has 3 heterocycles. The maximum atomic E-state index is 13.2. The first-order valence-corrected chi connectivity index (χ1v) is 9.62. The number of carbonyl (C=O) groups excluding carboxylic acids is 1. The number of hydrogen-bond donors (Lipinski definition) is 1. The Balaban J connectivity index is 1.58. The van der Waals surface area contributed by atoms with Crippen molar-refractivity contribution >= 4 is 16.8 Å². The number of H-pyrrole nitrogens is 1. The van der Waals surface area contributed by atoms with Gasteiger partial charge in [-0.3, -0.25) is 4.79 Å². The van der Waals surface area contributed by atoms with E-state index >= 15 is 0 Å². The van der Waals surface area contributed by atoms with E-state index < -0.39 is 0 Å². The van der Waals surface area contributed by atoms with Gasteiger partial charge < -0.3 is 14.8 Å². The second kappa shape index (κ2) is 6.49. The number of carbonyl (C=O) groups is 1. The van der Waals surface area contributed by atoms with Crippen LogP contribution in [0.5, 0.6) is 0 Å². The van der Waals surface area contributed by atoms with Crippen LogP contribution in [0.3, 0.4) is 0 Å². The van der Waals surface area contributed by atoms with Crippen LogP contribution in [0.4, 0.5) is 0 Å². The highest BCUT2D eigenvalue weighted by atomic mass is 16.2. The van der Waals surface area contributed by atoms with Crippen LogP contribution in [-0.2, 0) is 11.2 Å². The number of amides is 1. The molecule has 4 rings (SSSR count). The first kappa shape index (κ1) is 16.6. The molecule has 0 bridgehead atoms. The van der Waals surface area contributed by atoms with Crippen molar-refractivity contribution in [3.05, 3.63) is 35.0 Å². The Morgan fingerprint density at radius 2 is 2.00 bits per heavy atom. The third-order valence-corrected chi connectivity index (χ3v) is 6.26. The van der Waals surface area contributed by atoms with Crippen LogP contribution in [0.15, 0.2) is 18.2 Å². The molecule has 4 heteroatoms. The molecule has 2 aliphatic heterocycles. The summed E-state index contributed by atoms with van der Waals surface area (Å²) in [7, 11) is 2.23. The fourth-order valence-electron chi connectivity index (χ4n) is 4.87. The highest BCUT2D eigenvalue weighted by Gasteiger charge is 2.39. The molecule has 2 aromatic rings. The van der Waals surface area contributed by atoms with Crippen LogP contribution in [0.2, 0.25) is 0 Å². The predicted octanol–water partition coefficient (Wildman–Crippen LogP) is 3.41. The van der Waals surface area contributed by atoms with Crippen LogP contribution in [0.25, 0.3) is 10.9 Å². The smallest absolute Gasteiger partial charge is 0.227 e. The second-order valence-corrected chi connectivity index (χ2v) is 7.94. The van der Waals surface area contributed by atoms with Gasteiger partial charge in [-0.2, -0.15) is 0 Å². The lowest BCUT2D eigenvalue weighted by Crippen LogP contribution is -2.44. The fourth-order valence-corrected chi connectivity index (χ4v) is 4.87. The molecule has 0 radical (unpaired) electrons. The van der Waals surface area contributed by atoms with Crippen LogP contribution < -0.4 is 0 Å². The highest BCUT2D eigenvalue weighted by molar-refractivity contribution is 5.90. The number of nitrogens with zero attached hydrogens (tertiary/aromatic N) is 2. The number of fused-ring (bicyclic) bond motifs is 2. The van der Waals surface area contributed by atoms with Gasteiger partial charge in [0.15, 0.2) is 0 Å². The SMILES string of the molecule is Cc1ccc2[nH]c(C)c(CC(=O)N3CC[C@@H]4[C@H]3CCCCN4C)c2c1. The van der Waals surface area contributed by atoms with Crippen molar-refractivity contribution in [1.82, 2.24) is 14.8 Å². The lowest BCUT2D eigenvalue weighted by molar-refractivity contribution is -0.131. The number of hydrogen-bond acceptors (Lipinski definition) is 2. The van der Waals surface area contributed by atoms with Gasteiger partial charge in [0, 0.05) is 35.2 Å². The molecule has 1 aromatic carbocycles. The Bertz CT molecular complexity index is 794. The standard InChI is InChI=1S/C21H29N3O/c1-14-7-8-18-17(12-14)16(15(2)22-18)13-21(25)24-11-9-19-20(24)6-4-5-10-23(19)3/h7-8,12,19-20,22H,4-6,9-11,13H2,1-3H3/t19-,20-/m1/s1. The van der Waals surface area contributed by atoms with Crippen LogP contribution in [0.1, 0.15) is 42.5 Å². The molecule has 2 fully saturated rings. The van der Waals surface area contributed by atoms with Crippen LogP contribution >= 0.6 is 0 Å². The van der Waals surface area contributed by atoms with Crippen molar-refractivity contribution < 1.29 is 4.79 Å². The Hall–Kier alpha value is -1.81. The van der Waals surface area contributed by atoms with Gasteiger partial charge in [0.2, 0.25) is 5.91 Å². The van der Waals surface area contributed by atoms with Crippen molar-refractivity contribution in [2.75, 3.05) is 20.1 Å². The first-order valence-electron chi connectivity index (χ1n) is 9.62. The van der Waals surface area contributed by atoms with Gasteiger partial charge in [0.05, 0.1) is 6.42 Å². The fraction of sp³-hybridized carbons (Fsp3) is 0.571. The van der Waals surface area contributed by atoms with E-state index in [1.54, 1.807) is 0 Å². The highest BCUT2D eigenvalue weighted by Crippen LogP contribution is 2.31. The molecule has 0 unspecified atom stereocenters. The van der Waals surface area contributed by atoms with E-state index in [1.807, 2.05) is 0 Å². The maximum absolute atomic E-state index is 13.2. The summed E-state index contributed by atoms with van der Waals surface area (Å²) < 4.78 is 0. The zero-order chi connectivity index (χ0) is 17.6. The second-order valence-electron chi connectivity index (χ2n) is 7.94. The van der Waals surface area contributed by atoms with E-state index in [1.165, 1.54) is 35.9 Å². The van der Waals surface area contributed by atoms with Crippen molar-refractivity contribution in [2.45, 2.75) is 58.0 Å². The molecular weight excluding hydrogens is 310 g/mol. The molecule has 1 amide bonds. The number of likely N-dealkylation sites (tertiary alicyclic amines) is 2. The van der Waals surface area contributed by atoms with E-state index in [4.69, 9.17) is 0 Å². The summed E-state index contributed by atoms with van der Waals surface area (Å²) >= 11 is 0. The van der Waals surface area contributed by atoms with Crippen molar-refractivity contribution in [3.63, 3.8) is 0 Å². The summed E-state index contributed by atoms with van der Waals surface area (Å²) in [5, 5.41) is 1.21. The normalized spacial score (nSPS) is 24.5. The van der Waals surface area contributed by atoms with Gasteiger partial charge in [-0.15, -0.1) is 0 Å². The van der Waals surface area contributed by atoms with Crippen molar-refractivity contribution in [2.24, 2.45) is 0 Å². The average molecular weight is 339 g/mol. The summed E-state index contributed by atoms with van der Waals surface area (Å²) in [6, 6.07) is 7.41. The Kier molecular flexibility index (Phi) is 4.32. The van der Waals surface area contributed by atoms with E-state index in [9.17, 15) is 4.79 Å². The molecule has 2 aliphatic rings. The van der Waals surface area contributed by atoms with Crippen molar-refractivity contribution in [1.29, 1.82) is 0 Å². The lowest BCUT2D eigenvalue weighted by atomic mass is 10.0. The van der Waals surface area contributed by atoms with E-state index in [0.29, 0.717) is 24.4 Å². The minimum atomic E-state index is 0.299. The zero-order valence-corrected chi connectivity index (χ0v) is 15.6. The predicted molar refractivity (Wildman–Crippen MR) is 102 cm³/mol. The van der Waals surface area contributed by atoms with E-state index in [-0.39, 0.29) is 0 Å². The molecule has 25 heavy (non-hydrogen) atoms. The third kappa shape index (κ3) is 2.97. The number of rotatable bonds is 2. The largest absolute Gasteiger partial charge is 0.358 e. The van der Waals surface area contributed by atoms with Gasteiger partial charge in [-0.1, -0.05) is 18.1 Å². The number of aromatic amines is 1. The van der Waals surface area contributed by atoms with Gasteiger partial charge in [-0.05, 0) is 64.4 Å². The molecule has 0 saturated carbocycles. The number of benzene rings is 1. The third-order valence-electron chi connectivity index (χ3n) is 6.26. The number of aromatic nitrogens is 1. The molecule has 1 N–H and O–H groups in total.